The van der Waals surface area contributed by atoms with Crippen molar-refractivity contribution >= 4 is 40.3 Å². The number of rotatable bonds is 7. The van der Waals surface area contributed by atoms with Gasteiger partial charge in [-0.15, -0.1) is 0 Å². The summed E-state index contributed by atoms with van der Waals surface area (Å²) in [5.74, 6) is -0.492. The number of para-hydroxylation sites is 1. The second-order valence-electron chi connectivity index (χ2n) is 7.55. The Morgan fingerprint density at radius 2 is 1.79 bits per heavy atom. The van der Waals surface area contributed by atoms with Crippen molar-refractivity contribution in [3.8, 4) is 0 Å². The van der Waals surface area contributed by atoms with Gasteiger partial charge in [0.05, 0.1) is 18.3 Å². The second-order valence-corrected chi connectivity index (χ2v) is 7.95. The fourth-order valence-electron chi connectivity index (χ4n) is 3.52. The van der Waals surface area contributed by atoms with Gasteiger partial charge in [-0.1, -0.05) is 54.1 Å². The average Bonchev–Trinajstić information content (AvgIpc) is 3.16. The van der Waals surface area contributed by atoms with Crippen LogP contribution in [0, 0.1) is 0 Å². The van der Waals surface area contributed by atoms with Crippen molar-refractivity contribution in [1.82, 2.24) is 9.99 Å². The number of halogens is 4. The second kappa shape index (κ2) is 10.0. The Kier molecular flexibility index (Phi) is 6.88. The summed E-state index contributed by atoms with van der Waals surface area (Å²) >= 11 is 6.31. The van der Waals surface area contributed by atoms with Gasteiger partial charge >= 0.3 is 6.18 Å². The highest BCUT2D eigenvalue weighted by molar-refractivity contribution is 6.31. The number of hydrazone groups is 1. The molecule has 4 rings (SSSR count). The molecule has 0 aliphatic rings. The first-order valence-corrected chi connectivity index (χ1v) is 10.7. The number of anilines is 1. The van der Waals surface area contributed by atoms with Gasteiger partial charge in [0.25, 0.3) is 5.91 Å². The summed E-state index contributed by atoms with van der Waals surface area (Å²) in [4.78, 5) is 12.1. The Morgan fingerprint density at radius 3 is 2.59 bits per heavy atom. The lowest BCUT2D eigenvalue weighted by Gasteiger charge is -2.09. The summed E-state index contributed by atoms with van der Waals surface area (Å²) in [6.45, 7) is 0.341. The Hall–Kier alpha value is -3.78. The normalized spacial score (nSPS) is 11.8. The molecule has 34 heavy (non-hydrogen) atoms. The van der Waals surface area contributed by atoms with Crippen LogP contribution in [0.15, 0.2) is 84.1 Å². The maximum absolute atomic E-state index is 12.8. The molecule has 0 aliphatic heterocycles. The highest BCUT2D eigenvalue weighted by Gasteiger charge is 2.30. The summed E-state index contributed by atoms with van der Waals surface area (Å²) in [5.41, 5.74) is 4.56. The van der Waals surface area contributed by atoms with Gasteiger partial charge in [-0.3, -0.25) is 4.79 Å². The number of hydrogen-bond donors (Lipinski definition) is 2. The number of nitrogens with one attached hydrogen (secondary N) is 2. The molecule has 0 atom stereocenters. The molecule has 0 aliphatic carbocycles. The van der Waals surface area contributed by atoms with E-state index in [1.54, 1.807) is 0 Å². The van der Waals surface area contributed by atoms with Crippen LogP contribution in [-0.2, 0) is 17.5 Å². The molecule has 0 saturated heterocycles. The number of hydrogen-bond acceptors (Lipinski definition) is 3. The van der Waals surface area contributed by atoms with Crippen molar-refractivity contribution in [2.75, 3.05) is 11.9 Å². The molecular weight excluding hydrogens is 465 g/mol. The van der Waals surface area contributed by atoms with Crippen LogP contribution < -0.4 is 10.7 Å². The van der Waals surface area contributed by atoms with Crippen molar-refractivity contribution in [1.29, 1.82) is 0 Å². The molecule has 0 fully saturated rings. The summed E-state index contributed by atoms with van der Waals surface area (Å²) in [7, 11) is 0. The van der Waals surface area contributed by atoms with Crippen LogP contribution in [0.5, 0.6) is 0 Å². The van der Waals surface area contributed by atoms with Gasteiger partial charge in [0.15, 0.2) is 0 Å². The molecule has 1 amide bonds. The molecule has 0 unspecified atom stereocenters. The Morgan fingerprint density at radius 1 is 1.03 bits per heavy atom. The first-order chi connectivity index (χ1) is 16.3. The molecule has 1 heterocycles. The zero-order chi connectivity index (χ0) is 24.1. The molecule has 0 bridgehead atoms. The van der Waals surface area contributed by atoms with E-state index in [0.29, 0.717) is 11.6 Å². The average molecular weight is 485 g/mol. The molecule has 9 heteroatoms. The van der Waals surface area contributed by atoms with E-state index in [-0.39, 0.29) is 12.2 Å². The fourth-order valence-corrected chi connectivity index (χ4v) is 3.72. The van der Waals surface area contributed by atoms with E-state index in [1.165, 1.54) is 18.3 Å². The molecule has 0 spiro atoms. The van der Waals surface area contributed by atoms with E-state index >= 15 is 0 Å². The van der Waals surface area contributed by atoms with Gasteiger partial charge < -0.3 is 9.88 Å². The predicted molar refractivity (Wildman–Crippen MR) is 128 cm³/mol. The standard InChI is InChI=1S/C25H20ClF3N4O/c26-22-10-3-1-6-17(22)15-33-16-18(21-9-2-4-11-23(21)33)13-31-32-24(34)14-30-20-8-5-7-19(12-20)25(27,28)29/h1-13,16,30H,14-15H2,(H,32,34)/b31-13-. The molecule has 2 N–H and O–H groups in total. The number of fused-ring (bicyclic) bond motifs is 1. The van der Waals surface area contributed by atoms with Crippen LogP contribution in [0.25, 0.3) is 10.9 Å². The minimum absolute atomic E-state index is 0.191. The first-order valence-electron chi connectivity index (χ1n) is 10.4. The number of alkyl halides is 3. The molecule has 4 aromatic rings. The van der Waals surface area contributed by atoms with Gasteiger partial charge in [0, 0.05) is 39.9 Å². The lowest BCUT2D eigenvalue weighted by molar-refractivity contribution is -0.137. The topological polar surface area (TPSA) is 58.4 Å². The van der Waals surface area contributed by atoms with Crippen molar-refractivity contribution in [2.45, 2.75) is 12.7 Å². The van der Waals surface area contributed by atoms with Crippen molar-refractivity contribution in [2.24, 2.45) is 5.10 Å². The van der Waals surface area contributed by atoms with E-state index < -0.39 is 17.6 Å². The molecule has 0 radical (unpaired) electrons. The monoisotopic (exact) mass is 484 g/mol. The SMILES string of the molecule is O=C(CNc1cccc(C(F)(F)F)c1)N/N=C\c1cn(Cc2ccccc2Cl)c2ccccc12. The van der Waals surface area contributed by atoms with Gasteiger partial charge in [0.2, 0.25) is 0 Å². The number of benzene rings is 3. The largest absolute Gasteiger partial charge is 0.416 e. The third-order valence-corrected chi connectivity index (χ3v) is 5.52. The summed E-state index contributed by atoms with van der Waals surface area (Å²) in [6, 6.07) is 20.1. The van der Waals surface area contributed by atoms with Crippen LogP contribution in [-0.4, -0.2) is 23.2 Å². The van der Waals surface area contributed by atoms with Crippen LogP contribution in [0.2, 0.25) is 5.02 Å². The number of carbonyl (C=O) groups is 1. The lowest BCUT2D eigenvalue weighted by Crippen LogP contribution is -2.26. The highest BCUT2D eigenvalue weighted by Crippen LogP contribution is 2.30. The number of carbonyl (C=O) groups excluding carboxylic acids is 1. The molecular formula is C25H20ClF3N4O. The number of nitrogens with zero attached hydrogens (tertiary/aromatic N) is 2. The number of amides is 1. The Bertz CT molecular complexity index is 1350. The molecule has 5 nitrogen and oxygen atoms in total. The summed E-state index contributed by atoms with van der Waals surface area (Å²) in [6.07, 6.45) is -0.993. The third kappa shape index (κ3) is 5.58. The third-order valence-electron chi connectivity index (χ3n) is 5.15. The zero-order valence-electron chi connectivity index (χ0n) is 17.8. The van der Waals surface area contributed by atoms with Gasteiger partial charge in [-0.2, -0.15) is 18.3 Å². The van der Waals surface area contributed by atoms with Crippen LogP contribution in [0.4, 0.5) is 18.9 Å². The van der Waals surface area contributed by atoms with Crippen molar-refractivity contribution in [3.63, 3.8) is 0 Å². The summed E-state index contributed by atoms with van der Waals surface area (Å²) in [5, 5.41) is 8.31. The maximum Gasteiger partial charge on any atom is 0.416 e. The lowest BCUT2D eigenvalue weighted by atomic mass is 10.2. The van der Waals surface area contributed by atoms with Crippen molar-refractivity contribution in [3.05, 3.63) is 101 Å². The smallest absolute Gasteiger partial charge is 0.376 e. The van der Waals surface area contributed by atoms with Crippen LogP contribution >= 0.6 is 11.6 Å². The number of aromatic nitrogens is 1. The minimum Gasteiger partial charge on any atom is -0.376 e. The summed E-state index contributed by atoms with van der Waals surface area (Å²) < 4.78 is 40.5. The molecule has 3 aromatic carbocycles. The van der Waals surface area contributed by atoms with Crippen LogP contribution in [0.1, 0.15) is 16.7 Å². The van der Waals surface area contributed by atoms with Gasteiger partial charge in [0.1, 0.15) is 0 Å². The highest BCUT2D eigenvalue weighted by atomic mass is 35.5. The molecule has 1 aromatic heterocycles. The van der Waals surface area contributed by atoms with Gasteiger partial charge in [-0.25, -0.2) is 5.43 Å². The fraction of sp³-hybridized carbons (Fsp3) is 0.120. The first kappa shape index (κ1) is 23.4. The van der Waals surface area contributed by atoms with E-state index in [9.17, 15) is 18.0 Å². The zero-order valence-corrected chi connectivity index (χ0v) is 18.6. The Balaban J connectivity index is 1.42. The Labute approximate surface area is 198 Å². The quantitative estimate of drug-likeness (QED) is 0.252. The molecule has 174 valence electrons. The maximum atomic E-state index is 12.8. The predicted octanol–water partition coefficient (Wildman–Crippen LogP) is 5.92. The van der Waals surface area contributed by atoms with E-state index in [0.717, 1.165) is 34.2 Å². The molecule has 0 saturated carbocycles. The minimum atomic E-state index is -4.45. The van der Waals surface area contributed by atoms with E-state index in [1.807, 2.05) is 54.7 Å². The van der Waals surface area contributed by atoms with Crippen LogP contribution in [0.3, 0.4) is 0 Å². The van der Waals surface area contributed by atoms with E-state index in [4.69, 9.17) is 11.6 Å². The van der Waals surface area contributed by atoms with Crippen molar-refractivity contribution < 1.29 is 18.0 Å². The van der Waals surface area contributed by atoms with E-state index in [2.05, 4.69) is 20.4 Å². The van der Waals surface area contributed by atoms with Gasteiger partial charge in [-0.05, 0) is 35.9 Å².